The van der Waals surface area contributed by atoms with Crippen LogP contribution < -0.4 is 5.32 Å². The van der Waals surface area contributed by atoms with Gasteiger partial charge in [-0.05, 0) is 40.2 Å². The van der Waals surface area contributed by atoms with E-state index in [2.05, 4.69) is 22.6 Å². The molecule has 0 aliphatic carbocycles. The molecule has 1 heterocycles. The van der Waals surface area contributed by atoms with E-state index in [9.17, 15) is 0 Å². The predicted octanol–water partition coefficient (Wildman–Crippen LogP) is 2.26. The lowest BCUT2D eigenvalue weighted by molar-refractivity contribution is 0.181. The summed E-state index contributed by atoms with van der Waals surface area (Å²) >= 11 is 1.69. The summed E-state index contributed by atoms with van der Waals surface area (Å²) in [6.07, 6.45) is 1.67. The Kier molecular flexibility index (Phi) is 5.22. The molecule has 0 saturated carbocycles. The minimum atomic E-state index is -0.191. The second-order valence-electron chi connectivity index (χ2n) is 3.96. The quantitative estimate of drug-likeness (QED) is 0.734. The zero-order valence-corrected chi connectivity index (χ0v) is 10.5. The highest BCUT2D eigenvalue weighted by molar-refractivity contribution is 7.09. The Balaban J connectivity index is 2.21. The van der Waals surface area contributed by atoms with E-state index >= 15 is 0 Å². The van der Waals surface area contributed by atoms with Crippen molar-refractivity contribution in [1.29, 1.82) is 0 Å². The van der Waals surface area contributed by atoms with Crippen LogP contribution in [0.4, 0.5) is 0 Å². The maximum absolute atomic E-state index is 9.10. The maximum atomic E-state index is 9.10. The van der Waals surface area contributed by atoms with Gasteiger partial charge >= 0.3 is 0 Å². The van der Waals surface area contributed by atoms with Crippen LogP contribution in [0.3, 0.4) is 0 Å². The molecule has 2 N–H and O–H groups in total. The molecule has 15 heavy (non-hydrogen) atoms. The van der Waals surface area contributed by atoms with Gasteiger partial charge in [0.2, 0.25) is 0 Å². The zero-order chi connectivity index (χ0) is 11.3. The summed E-state index contributed by atoms with van der Waals surface area (Å²) in [5.41, 5.74) is 1.12. The summed E-state index contributed by atoms with van der Waals surface area (Å²) in [6, 6.07) is 0.309. The number of rotatable bonds is 6. The molecule has 0 aromatic carbocycles. The highest BCUT2D eigenvalue weighted by atomic mass is 32.1. The number of aromatic nitrogens is 1. The number of aryl methyl sites for hydroxylation is 1. The lowest BCUT2D eigenvalue weighted by atomic mass is 10.2. The number of aliphatic hydroxyl groups excluding tert-OH is 1. The largest absolute Gasteiger partial charge is 0.393 e. The van der Waals surface area contributed by atoms with Crippen molar-refractivity contribution in [2.75, 3.05) is 6.54 Å². The number of aliphatic hydroxyl groups is 1. The average molecular weight is 228 g/mol. The Morgan fingerprint density at radius 3 is 2.80 bits per heavy atom. The highest BCUT2D eigenvalue weighted by Crippen LogP contribution is 2.15. The molecule has 0 amide bonds. The summed E-state index contributed by atoms with van der Waals surface area (Å²) < 4.78 is 0. The van der Waals surface area contributed by atoms with Gasteiger partial charge in [-0.2, -0.15) is 0 Å². The fraction of sp³-hybridized carbons (Fsp3) is 0.727. The molecule has 0 fully saturated rings. The van der Waals surface area contributed by atoms with Gasteiger partial charge in [-0.25, -0.2) is 4.98 Å². The van der Waals surface area contributed by atoms with E-state index in [-0.39, 0.29) is 6.10 Å². The molecular formula is C11H20N2OS. The van der Waals surface area contributed by atoms with Crippen molar-refractivity contribution in [2.24, 2.45) is 0 Å². The molecule has 3 nitrogen and oxygen atoms in total. The molecule has 0 aliphatic rings. The zero-order valence-electron chi connectivity index (χ0n) is 9.66. The van der Waals surface area contributed by atoms with E-state index in [4.69, 9.17) is 5.11 Å². The van der Waals surface area contributed by atoms with E-state index in [1.165, 1.54) is 0 Å². The van der Waals surface area contributed by atoms with Crippen molar-refractivity contribution in [1.82, 2.24) is 10.3 Å². The Morgan fingerprint density at radius 2 is 2.27 bits per heavy atom. The Hall–Kier alpha value is -0.450. The van der Waals surface area contributed by atoms with Crippen LogP contribution in [0, 0.1) is 6.92 Å². The molecule has 0 saturated heterocycles. The molecule has 0 radical (unpaired) electrons. The third-order valence-corrected chi connectivity index (χ3v) is 3.12. The van der Waals surface area contributed by atoms with Crippen LogP contribution in [0.15, 0.2) is 5.38 Å². The standard InChI is InChI=1S/C11H20N2OS/c1-8(14)5-4-6-12-9(2)11-7-15-10(3)13-11/h7-9,12,14H,4-6H2,1-3H3. The minimum absolute atomic E-state index is 0.191. The molecule has 0 bridgehead atoms. The summed E-state index contributed by atoms with van der Waals surface area (Å²) in [4.78, 5) is 4.43. The SMILES string of the molecule is Cc1nc(C(C)NCCCC(C)O)cs1. The number of hydrogen-bond donors (Lipinski definition) is 2. The fourth-order valence-corrected chi connectivity index (χ4v) is 2.11. The Bertz CT molecular complexity index is 286. The maximum Gasteiger partial charge on any atom is 0.0898 e. The van der Waals surface area contributed by atoms with E-state index < -0.39 is 0 Å². The lowest BCUT2D eigenvalue weighted by Gasteiger charge is -2.11. The molecule has 1 rings (SSSR count). The summed E-state index contributed by atoms with van der Waals surface area (Å²) in [6.45, 7) is 6.90. The average Bonchev–Trinajstić information content (AvgIpc) is 2.59. The highest BCUT2D eigenvalue weighted by Gasteiger charge is 2.07. The van der Waals surface area contributed by atoms with E-state index in [1.54, 1.807) is 11.3 Å². The van der Waals surface area contributed by atoms with Crippen LogP contribution in [0.2, 0.25) is 0 Å². The summed E-state index contributed by atoms with van der Waals surface area (Å²) in [7, 11) is 0. The number of nitrogens with one attached hydrogen (secondary N) is 1. The second kappa shape index (κ2) is 6.20. The molecule has 0 aliphatic heterocycles. The molecule has 0 spiro atoms. The first-order valence-electron chi connectivity index (χ1n) is 5.43. The van der Waals surface area contributed by atoms with Crippen molar-refractivity contribution in [3.05, 3.63) is 16.1 Å². The van der Waals surface area contributed by atoms with E-state index in [0.29, 0.717) is 6.04 Å². The predicted molar refractivity (Wildman–Crippen MR) is 64.2 cm³/mol. The number of hydrogen-bond acceptors (Lipinski definition) is 4. The van der Waals surface area contributed by atoms with Crippen LogP contribution in [0.5, 0.6) is 0 Å². The molecule has 1 aromatic heterocycles. The molecule has 86 valence electrons. The third kappa shape index (κ3) is 4.73. The second-order valence-corrected chi connectivity index (χ2v) is 5.02. The van der Waals surface area contributed by atoms with Crippen molar-refractivity contribution in [3.63, 3.8) is 0 Å². The topological polar surface area (TPSA) is 45.2 Å². The summed E-state index contributed by atoms with van der Waals surface area (Å²) in [5, 5.41) is 15.7. The number of nitrogens with zero attached hydrogens (tertiary/aromatic N) is 1. The van der Waals surface area contributed by atoms with Crippen molar-refractivity contribution < 1.29 is 5.11 Å². The van der Waals surface area contributed by atoms with Crippen molar-refractivity contribution >= 4 is 11.3 Å². The first kappa shape index (κ1) is 12.6. The molecular weight excluding hydrogens is 208 g/mol. The van der Waals surface area contributed by atoms with Crippen LogP contribution >= 0.6 is 11.3 Å². The van der Waals surface area contributed by atoms with Gasteiger partial charge in [0, 0.05) is 11.4 Å². The first-order chi connectivity index (χ1) is 7.09. The molecule has 1 aromatic rings. The van der Waals surface area contributed by atoms with E-state index in [1.807, 2.05) is 13.8 Å². The first-order valence-corrected chi connectivity index (χ1v) is 6.31. The smallest absolute Gasteiger partial charge is 0.0898 e. The van der Waals surface area contributed by atoms with Gasteiger partial charge in [-0.15, -0.1) is 11.3 Å². The van der Waals surface area contributed by atoms with E-state index in [0.717, 1.165) is 30.1 Å². The lowest BCUT2D eigenvalue weighted by Crippen LogP contribution is -2.21. The van der Waals surface area contributed by atoms with Crippen LogP contribution in [-0.2, 0) is 0 Å². The molecule has 2 unspecified atom stereocenters. The van der Waals surface area contributed by atoms with Gasteiger partial charge in [-0.3, -0.25) is 0 Å². The fourth-order valence-electron chi connectivity index (χ4n) is 1.40. The van der Waals surface area contributed by atoms with Crippen LogP contribution in [0.1, 0.15) is 43.4 Å². The van der Waals surface area contributed by atoms with Gasteiger partial charge in [0.15, 0.2) is 0 Å². The van der Waals surface area contributed by atoms with Crippen molar-refractivity contribution in [3.8, 4) is 0 Å². The van der Waals surface area contributed by atoms with Crippen LogP contribution in [-0.4, -0.2) is 22.7 Å². The van der Waals surface area contributed by atoms with Gasteiger partial charge < -0.3 is 10.4 Å². The third-order valence-electron chi connectivity index (χ3n) is 2.33. The van der Waals surface area contributed by atoms with Crippen molar-refractivity contribution in [2.45, 2.75) is 45.8 Å². The summed E-state index contributed by atoms with van der Waals surface area (Å²) in [5.74, 6) is 0. The molecule has 4 heteroatoms. The van der Waals surface area contributed by atoms with Gasteiger partial charge in [0.25, 0.3) is 0 Å². The Labute approximate surface area is 95.6 Å². The molecule has 2 atom stereocenters. The van der Waals surface area contributed by atoms with Gasteiger partial charge in [0.05, 0.1) is 16.8 Å². The number of thiazole rings is 1. The van der Waals surface area contributed by atoms with Crippen LogP contribution in [0.25, 0.3) is 0 Å². The minimum Gasteiger partial charge on any atom is -0.393 e. The Morgan fingerprint density at radius 1 is 1.53 bits per heavy atom. The van der Waals surface area contributed by atoms with Gasteiger partial charge in [-0.1, -0.05) is 0 Å². The monoisotopic (exact) mass is 228 g/mol. The normalized spacial score (nSPS) is 15.2. The van der Waals surface area contributed by atoms with Gasteiger partial charge in [0.1, 0.15) is 0 Å².